The van der Waals surface area contributed by atoms with E-state index in [0.29, 0.717) is 24.0 Å². The van der Waals surface area contributed by atoms with Crippen LogP contribution in [0.15, 0.2) is 0 Å². The van der Waals surface area contributed by atoms with Gasteiger partial charge in [0.2, 0.25) is 11.8 Å². The number of thioether (sulfide) groups is 1. The Hall–Kier alpha value is -0.760. The largest absolute Gasteiger partial charge is 0.418 e. The molecule has 2 atom stereocenters. The van der Waals surface area contributed by atoms with Crippen molar-refractivity contribution in [2.45, 2.75) is 31.5 Å². The van der Waals surface area contributed by atoms with E-state index in [1.54, 1.807) is 0 Å². The molecule has 2 fully saturated rings. The van der Waals surface area contributed by atoms with Gasteiger partial charge in [0.05, 0.1) is 12.0 Å². The van der Waals surface area contributed by atoms with E-state index in [2.05, 4.69) is 0 Å². The summed E-state index contributed by atoms with van der Waals surface area (Å²) in [6.45, 7) is -0.456. The number of aliphatic hydroxyl groups is 1. The van der Waals surface area contributed by atoms with Crippen molar-refractivity contribution >= 4 is 23.6 Å². The first-order valence-corrected chi connectivity index (χ1v) is 6.96. The number of rotatable bonds is 2. The van der Waals surface area contributed by atoms with Gasteiger partial charge in [-0.1, -0.05) is 0 Å². The van der Waals surface area contributed by atoms with Gasteiger partial charge < -0.3 is 5.11 Å². The normalized spacial score (nSPS) is 31.3. The molecule has 1 N–H and O–H groups in total. The molecule has 0 aromatic heterocycles. The minimum Gasteiger partial charge on any atom is -0.379 e. The van der Waals surface area contributed by atoms with Crippen LogP contribution < -0.4 is 0 Å². The summed E-state index contributed by atoms with van der Waals surface area (Å²) in [6, 6.07) is 0. The smallest absolute Gasteiger partial charge is 0.379 e. The van der Waals surface area contributed by atoms with Crippen LogP contribution in [0.5, 0.6) is 0 Å². The predicted molar refractivity (Wildman–Crippen MR) is 62.4 cm³/mol. The molecule has 8 heteroatoms. The van der Waals surface area contributed by atoms with Crippen molar-refractivity contribution < 1.29 is 27.9 Å². The summed E-state index contributed by atoms with van der Waals surface area (Å²) >= 11 is 1.52. The zero-order valence-corrected chi connectivity index (χ0v) is 11.1. The molecule has 0 aromatic rings. The summed E-state index contributed by atoms with van der Waals surface area (Å²) in [5, 5.41) is 9.40. The molecule has 2 amide bonds. The Morgan fingerprint density at radius 3 is 2.53 bits per heavy atom. The summed E-state index contributed by atoms with van der Waals surface area (Å²) in [5.74, 6) is -0.0193. The van der Waals surface area contributed by atoms with Crippen LogP contribution in [-0.4, -0.2) is 51.6 Å². The van der Waals surface area contributed by atoms with Gasteiger partial charge in [-0.3, -0.25) is 14.5 Å². The lowest BCUT2D eigenvalue weighted by molar-refractivity contribution is -0.255. The number of hydrogen-bond acceptors (Lipinski definition) is 4. The van der Waals surface area contributed by atoms with Gasteiger partial charge in [0.15, 0.2) is 5.60 Å². The fourth-order valence-electron chi connectivity index (χ4n) is 2.33. The van der Waals surface area contributed by atoms with Crippen LogP contribution in [-0.2, 0) is 9.59 Å². The average molecular weight is 297 g/mol. The second-order valence-corrected chi connectivity index (χ2v) is 6.42. The Kier molecular flexibility index (Phi) is 3.37. The third-order valence-corrected chi connectivity index (χ3v) is 4.92. The van der Waals surface area contributed by atoms with E-state index in [4.69, 9.17) is 0 Å². The maximum absolute atomic E-state index is 12.6. The summed E-state index contributed by atoms with van der Waals surface area (Å²) in [6.07, 6.45) is -4.42. The molecule has 0 unspecified atom stereocenters. The van der Waals surface area contributed by atoms with Gasteiger partial charge in [0.25, 0.3) is 0 Å². The zero-order chi connectivity index (χ0) is 14.5. The van der Waals surface area contributed by atoms with Crippen molar-refractivity contribution in [1.29, 1.82) is 0 Å². The molecule has 2 heterocycles. The molecular weight excluding hydrogens is 283 g/mol. The minimum absolute atomic E-state index is 0.0488. The van der Waals surface area contributed by atoms with E-state index in [-0.39, 0.29) is 6.42 Å². The molecule has 0 radical (unpaired) electrons. The van der Waals surface area contributed by atoms with Gasteiger partial charge in [0.1, 0.15) is 0 Å². The van der Waals surface area contributed by atoms with Gasteiger partial charge in [-0.15, -0.1) is 0 Å². The summed E-state index contributed by atoms with van der Waals surface area (Å²) in [5.41, 5.74) is -3.92. The molecule has 0 saturated carbocycles. The first-order chi connectivity index (χ1) is 8.59. The van der Waals surface area contributed by atoms with Crippen molar-refractivity contribution in [3.8, 4) is 0 Å². The second-order valence-electron chi connectivity index (χ2n) is 5.32. The average Bonchev–Trinajstić information content (AvgIpc) is 2.80. The standard InChI is InChI=1S/C11H14F3NO3S/c1-9(18,11(12,13)14)5-15-7(16)4-10(8(15)17)2-3-19-6-10/h18H,2-6H2,1H3/t9-,10+/m1/s1. The zero-order valence-electron chi connectivity index (χ0n) is 10.3. The van der Waals surface area contributed by atoms with Gasteiger partial charge in [0, 0.05) is 12.2 Å². The molecule has 0 bridgehead atoms. The third kappa shape index (κ3) is 2.35. The molecule has 2 aliphatic heterocycles. The topological polar surface area (TPSA) is 57.6 Å². The summed E-state index contributed by atoms with van der Waals surface area (Å²) in [4.78, 5) is 24.5. The van der Waals surface area contributed by atoms with E-state index in [9.17, 15) is 27.9 Å². The second kappa shape index (κ2) is 4.37. The number of likely N-dealkylation sites (tertiary alicyclic amines) is 1. The highest BCUT2D eigenvalue weighted by Gasteiger charge is 2.58. The Labute approximate surface area is 112 Å². The lowest BCUT2D eigenvalue weighted by Gasteiger charge is -2.30. The van der Waals surface area contributed by atoms with Crippen LogP contribution in [0.3, 0.4) is 0 Å². The summed E-state index contributed by atoms with van der Waals surface area (Å²) < 4.78 is 37.8. The number of halogens is 3. The predicted octanol–water partition coefficient (Wildman–Crippen LogP) is 1.18. The molecule has 19 heavy (non-hydrogen) atoms. The Balaban J connectivity index is 2.18. The molecule has 2 saturated heterocycles. The number of β-amino-alcohol motifs (C(OH)–C–C–N with tert-alkyl or cyclic N) is 1. The number of carbonyl (C=O) groups excluding carboxylic acids is 2. The maximum Gasteiger partial charge on any atom is 0.418 e. The van der Waals surface area contributed by atoms with E-state index in [0.717, 1.165) is 5.75 Å². The highest BCUT2D eigenvalue weighted by Crippen LogP contribution is 2.45. The number of amides is 2. The highest BCUT2D eigenvalue weighted by molar-refractivity contribution is 7.99. The molecule has 4 nitrogen and oxygen atoms in total. The van der Waals surface area contributed by atoms with Gasteiger partial charge >= 0.3 is 6.18 Å². The molecular formula is C11H14F3NO3S. The van der Waals surface area contributed by atoms with Gasteiger partial charge in [-0.05, 0) is 19.1 Å². The molecule has 2 aliphatic rings. The third-order valence-electron chi connectivity index (χ3n) is 3.67. The van der Waals surface area contributed by atoms with E-state index in [1.165, 1.54) is 11.8 Å². The Morgan fingerprint density at radius 1 is 1.42 bits per heavy atom. The Morgan fingerprint density at radius 2 is 2.05 bits per heavy atom. The van der Waals surface area contributed by atoms with Crippen molar-refractivity contribution in [2.24, 2.45) is 5.41 Å². The van der Waals surface area contributed by atoms with Crippen LogP contribution in [0.2, 0.25) is 0 Å². The fraction of sp³-hybridized carbons (Fsp3) is 0.818. The molecule has 2 rings (SSSR count). The van der Waals surface area contributed by atoms with E-state index >= 15 is 0 Å². The SMILES string of the molecule is C[C@@](O)(CN1C(=O)C[C@]2(CCSC2)C1=O)C(F)(F)F. The van der Waals surface area contributed by atoms with E-state index in [1.807, 2.05) is 0 Å². The first-order valence-electron chi connectivity index (χ1n) is 5.81. The van der Waals surface area contributed by atoms with Crippen LogP contribution in [0.25, 0.3) is 0 Å². The van der Waals surface area contributed by atoms with Crippen LogP contribution in [0, 0.1) is 5.41 Å². The van der Waals surface area contributed by atoms with Crippen molar-refractivity contribution in [1.82, 2.24) is 4.90 Å². The lowest BCUT2D eigenvalue weighted by atomic mass is 9.86. The number of hydrogen-bond donors (Lipinski definition) is 1. The van der Waals surface area contributed by atoms with Gasteiger partial charge in [-0.2, -0.15) is 24.9 Å². The molecule has 0 aromatic carbocycles. The maximum atomic E-state index is 12.6. The number of nitrogens with zero attached hydrogens (tertiary/aromatic N) is 1. The first kappa shape index (κ1) is 14.6. The number of imide groups is 1. The monoisotopic (exact) mass is 297 g/mol. The van der Waals surface area contributed by atoms with Crippen molar-refractivity contribution in [2.75, 3.05) is 18.1 Å². The molecule has 108 valence electrons. The van der Waals surface area contributed by atoms with Crippen molar-refractivity contribution in [3.05, 3.63) is 0 Å². The quantitative estimate of drug-likeness (QED) is 0.778. The molecule has 1 spiro atoms. The molecule has 0 aliphatic carbocycles. The van der Waals surface area contributed by atoms with Crippen LogP contribution in [0.4, 0.5) is 13.2 Å². The van der Waals surface area contributed by atoms with Crippen molar-refractivity contribution in [3.63, 3.8) is 0 Å². The Bertz CT molecular complexity index is 416. The van der Waals surface area contributed by atoms with E-state index < -0.39 is 35.6 Å². The number of alkyl halides is 3. The van der Waals surface area contributed by atoms with Gasteiger partial charge in [-0.25, -0.2) is 0 Å². The minimum atomic E-state index is -4.88. The fourth-order valence-corrected chi connectivity index (χ4v) is 3.77. The highest BCUT2D eigenvalue weighted by atomic mass is 32.2. The van der Waals surface area contributed by atoms with Crippen LogP contribution in [0.1, 0.15) is 19.8 Å². The number of carbonyl (C=O) groups is 2. The lowest BCUT2D eigenvalue weighted by Crippen LogP contribution is -2.53. The summed E-state index contributed by atoms with van der Waals surface area (Å²) in [7, 11) is 0. The van der Waals surface area contributed by atoms with Crippen LogP contribution >= 0.6 is 11.8 Å².